The van der Waals surface area contributed by atoms with Gasteiger partial charge in [0.2, 0.25) is 0 Å². The van der Waals surface area contributed by atoms with E-state index in [1.54, 1.807) is 6.20 Å². The zero-order valence-electron chi connectivity index (χ0n) is 10.2. The van der Waals surface area contributed by atoms with Gasteiger partial charge in [-0.05, 0) is 12.1 Å². The van der Waals surface area contributed by atoms with Crippen LogP contribution in [0.3, 0.4) is 0 Å². The maximum absolute atomic E-state index is 8.82. The van der Waals surface area contributed by atoms with Crippen LogP contribution in [0.25, 0.3) is 5.69 Å². The third-order valence-electron chi connectivity index (χ3n) is 2.76. The number of aliphatic hydroxyl groups excluding tert-OH is 1. The van der Waals surface area contributed by atoms with Crippen molar-refractivity contribution in [3.05, 3.63) is 48.3 Å². The number of nitrogens with two attached hydrogens (primary N) is 1. The lowest BCUT2D eigenvalue weighted by molar-refractivity contribution is 0.285. The second-order valence-electron chi connectivity index (χ2n) is 4.02. The van der Waals surface area contributed by atoms with Crippen LogP contribution in [0.15, 0.2) is 42.7 Å². The summed E-state index contributed by atoms with van der Waals surface area (Å²) in [6.45, 7) is 1.10. The van der Waals surface area contributed by atoms with Gasteiger partial charge in [0.25, 0.3) is 0 Å². The molecule has 1 unspecified atom stereocenters. The zero-order chi connectivity index (χ0) is 12.8. The van der Waals surface area contributed by atoms with Crippen molar-refractivity contribution in [1.29, 1.82) is 0 Å². The maximum Gasteiger partial charge on any atom is 0.0645 e. The summed E-state index contributed by atoms with van der Waals surface area (Å²) in [5.74, 6) is 0. The van der Waals surface area contributed by atoms with Gasteiger partial charge < -0.3 is 16.2 Å². The molecule has 1 heterocycles. The molecule has 0 spiro atoms. The van der Waals surface area contributed by atoms with Crippen LogP contribution in [-0.4, -0.2) is 34.6 Å². The molecule has 2 rings (SSSR count). The van der Waals surface area contributed by atoms with E-state index in [0.29, 0.717) is 13.1 Å². The second-order valence-corrected chi connectivity index (χ2v) is 4.02. The highest BCUT2D eigenvalue weighted by Crippen LogP contribution is 2.13. The van der Waals surface area contributed by atoms with Crippen LogP contribution in [0.4, 0.5) is 0 Å². The van der Waals surface area contributed by atoms with E-state index in [0.717, 1.165) is 11.3 Å². The first-order valence-corrected chi connectivity index (χ1v) is 5.99. The first kappa shape index (κ1) is 12.8. The minimum absolute atomic E-state index is 0.0228. The van der Waals surface area contributed by atoms with Gasteiger partial charge in [-0.2, -0.15) is 5.10 Å². The number of nitrogens with one attached hydrogen (secondary N) is 1. The third kappa shape index (κ3) is 2.95. The normalized spacial score (nSPS) is 12.6. The SMILES string of the molecule is NCC(NCCO)c1cnn(-c2ccccc2)c1. The molecule has 0 saturated heterocycles. The average Bonchev–Trinajstić information content (AvgIpc) is 2.90. The maximum atomic E-state index is 8.82. The Morgan fingerprint density at radius 2 is 2.11 bits per heavy atom. The number of rotatable bonds is 6. The molecule has 1 aromatic heterocycles. The Kier molecular flexibility index (Phi) is 4.46. The predicted molar refractivity (Wildman–Crippen MR) is 70.4 cm³/mol. The molecule has 0 bridgehead atoms. The molecule has 1 aromatic carbocycles. The first-order valence-electron chi connectivity index (χ1n) is 5.99. The second kappa shape index (κ2) is 6.30. The lowest BCUT2D eigenvalue weighted by Crippen LogP contribution is -2.30. The fraction of sp³-hybridized carbons (Fsp3) is 0.308. The molecule has 0 aliphatic carbocycles. The van der Waals surface area contributed by atoms with Gasteiger partial charge in [0, 0.05) is 30.9 Å². The van der Waals surface area contributed by atoms with Gasteiger partial charge in [-0.1, -0.05) is 18.2 Å². The molecule has 18 heavy (non-hydrogen) atoms. The summed E-state index contributed by atoms with van der Waals surface area (Å²) in [6, 6.07) is 9.93. The van der Waals surface area contributed by atoms with E-state index >= 15 is 0 Å². The van der Waals surface area contributed by atoms with Crippen LogP contribution in [0.2, 0.25) is 0 Å². The monoisotopic (exact) mass is 246 g/mol. The molecule has 5 heteroatoms. The van der Waals surface area contributed by atoms with Gasteiger partial charge in [0.15, 0.2) is 0 Å². The van der Waals surface area contributed by atoms with Crippen molar-refractivity contribution in [2.24, 2.45) is 5.73 Å². The van der Waals surface area contributed by atoms with Crippen LogP contribution in [0.5, 0.6) is 0 Å². The predicted octanol–water partition coefficient (Wildman–Crippen LogP) is 0.454. The molecule has 0 fully saturated rings. The molecule has 0 amide bonds. The number of nitrogens with zero attached hydrogens (tertiary/aromatic N) is 2. The largest absolute Gasteiger partial charge is 0.395 e. The van der Waals surface area contributed by atoms with Crippen molar-refractivity contribution in [3.63, 3.8) is 0 Å². The number of aliphatic hydroxyl groups is 1. The Morgan fingerprint density at radius 3 is 2.78 bits per heavy atom. The van der Waals surface area contributed by atoms with Crippen molar-refractivity contribution >= 4 is 0 Å². The summed E-state index contributed by atoms with van der Waals surface area (Å²) < 4.78 is 1.82. The van der Waals surface area contributed by atoms with Crippen LogP contribution in [-0.2, 0) is 0 Å². The molecule has 4 N–H and O–H groups in total. The number of benzene rings is 1. The minimum atomic E-state index is 0.0228. The summed E-state index contributed by atoms with van der Waals surface area (Å²) in [5, 5.41) is 16.3. The topological polar surface area (TPSA) is 76.1 Å². The van der Waals surface area contributed by atoms with E-state index in [2.05, 4.69) is 10.4 Å². The standard InChI is InChI=1S/C13H18N4O/c14-8-13(15-6-7-18)11-9-16-17(10-11)12-4-2-1-3-5-12/h1-5,9-10,13,15,18H,6-8,14H2. The zero-order valence-corrected chi connectivity index (χ0v) is 10.2. The van der Waals surface area contributed by atoms with E-state index in [4.69, 9.17) is 10.8 Å². The summed E-state index contributed by atoms with van der Waals surface area (Å²) >= 11 is 0. The Labute approximate surface area is 106 Å². The molecular formula is C13H18N4O. The number of aromatic nitrogens is 2. The molecule has 5 nitrogen and oxygen atoms in total. The molecular weight excluding hydrogens is 228 g/mol. The lowest BCUT2D eigenvalue weighted by atomic mass is 10.1. The molecule has 0 saturated carbocycles. The Morgan fingerprint density at radius 1 is 1.33 bits per heavy atom. The molecule has 0 radical (unpaired) electrons. The Bertz CT molecular complexity index is 469. The van der Waals surface area contributed by atoms with Gasteiger partial charge in [-0.25, -0.2) is 4.68 Å². The highest BCUT2D eigenvalue weighted by molar-refractivity contribution is 5.31. The molecule has 96 valence electrons. The summed E-state index contributed by atoms with van der Waals surface area (Å²) in [7, 11) is 0. The molecule has 1 atom stereocenters. The smallest absolute Gasteiger partial charge is 0.0645 e. The molecule has 2 aromatic rings. The number of para-hydroxylation sites is 1. The van der Waals surface area contributed by atoms with E-state index in [1.807, 2.05) is 41.2 Å². The Hall–Kier alpha value is -1.69. The summed E-state index contributed by atoms with van der Waals surface area (Å²) in [6.07, 6.45) is 3.76. The highest BCUT2D eigenvalue weighted by atomic mass is 16.3. The molecule has 0 aliphatic heterocycles. The quantitative estimate of drug-likeness (QED) is 0.692. The summed E-state index contributed by atoms with van der Waals surface area (Å²) in [4.78, 5) is 0. The van der Waals surface area contributed by atoms with Gasteiger partial charge in [-0.3, -0.25) is 0 Å². The third-order valence-corrected chi connectivity index (χ3v) is 2.76. The van der Waals surface area contributed by atoms with Crippen molar-refractivity contribution in [2.45, 2.75) is 6.04 Å². The van der Waals surface area contributed by atoms with Gasteiger partial charge in [0.1, 0.15) is 0 Å². The minimum Gasteiger partial charge on any atom is -0.395 e. The van der Waals surface area contributed by atoms with Gasteiger partial charge in [0.05, 0.1) is 18.5 Å². The fourth-order valence-electron chi connectivity index (χ4n) is 1.81. The average molecular weight is 246 g/mol. The fourth-order valence-corrected chi connectivity index (χ4v) is 1.81. The number of hydrogen-bond donors (Lipinski definition) is 3. The molecule has 0 aliphatic rings. The van der Waals surface area contributed by atoms with E-state index in [9.17, 15) is 0 Å². The van der Waals surface area contributed by atoms with E-state index in [1.165, 1.54) is 0 Å². The van der Waals surface area contributed by atoms with Crippen molar-refractivity contribution in [2.75, 3.05) is 19.7 Å². The van der Waals surface area contributed by atoms with E-state index in [-0.39, 0.29) is 12.6 Å². The van der Waals surface area contributed by atoms with Crippen LogP contribution < -0.4 is 11.1 Å². The first-order chi connectivity index (χ1) is 8.85. The highest BCUT2D eigenvalue weighted by Gasteiger charge is 2.11. The lowest BCUT2D eigenvalue weighted by Gasteiger charge is -2.13. The van der Waals surface area contributed by atoms with E-state index < -0.39 is 0 Å². The number of hydrogen-bond acceptors (Lipinski definition) is 4. The van der Waals surface area contributed by atoms with Crippen LogP contribution in [0, 0.1) is 0 Å². The van der Waals surface area contributed by atoms with Crippen molar-refractivity contribution in [1.82, 2.24) is 15.1 Å². The Balaban J connectivity index is 2.14. The van der Waals surface area contributed by atoms with Crippen molar-refractivity contribution in [3.8, 4) is 5.69 Å². The van der Waals surface area contributed by atoms with Crippen molar-refractivity contribution < 1.29 is 5.11 Å². The summed E-state index contributed by atoms with van der Waals surface area (Å²) in [5.41, 5.74) is 7.75. The van der Waals surface area contributed by atoms with Crippen LogP contribution in [0.1, 0.15) is 11.6 Å². The van der Waals surface area contributed by atoms with Crippen LogP contribution >= 0.6 is 0 Å². The van der Waals surface area contributed by atoms with Gasteiger partial charge in [-0.15, -0.1) is 0 Å². The van der Waals surface area contributed by atoms with Gasteiger partial charge >= 0.3 is 0 Å².